The van der Waals surface area contributed by atoms with Crippen LogP contribution in [-0.2, 0) is 46.4 Å². The fraction of sp³-hybridized carbons (Fsp3) is 0.500. The number of carboxylic acids is 2. The van der Waals surface area contributed by atoms with Gasteiger partial charge in [-0.25, -0.2) is 14.8 Å². The Morgan fingerprint density at radius 1 is 0.723 bits per heavy atom. The molecule has 0 aliphatic carbocycles. The highest BCUT2D eigenvalue weighted by molar-refractivity contribution is 7.80. The number of nitrogens with zero attached hydrogens (tertiary/aromatic N) is 2. The number of hydrogen-bond acceptors (Lipinski definition) is 12. The molecule has 19 nitrogen and oxygen atoms in total. The van der Waals surface area contributed by atoms with Crippen molar-refractivity contribution in [3.63, 3.8) is 0 Å². The molecule has 6 atom stereocenters. The summed E-state index contributed by atoms with van der Waals surface area (Å²) in [6.07, 6.45) is 4.41. The van der Waals surface area contributed by atoms with Gasteiger partial charge in [-0.05, 0) is 13.3 Å². The van der Waals surface area contributed by atoms with E-state index >= 15 is 0 Å². The molecule has 258 valence electrons. The van der Waals surface area contributed by atoms with Crippen LogP contribution in [0.1, 0.15) is 31.2 Å². The Bertz CT molecular complexity index is 1380. The van der Waals surface area contributed by atoms with E-state index in [0.717, 1.165) is 0 Å². The van der Waals surface area contributed by atoms with Crippen LogP contribution in [-0.4, -0.2) is 119 Å². The number of H-pyrrole nitrogens is 2. The van der Waals surface area contributed by atoms with Crippen molar-refractivity contribution in [3.8, 4) is 0 Å². The van der Waals surface area contributed by atoms with E-state index in [2.05, 4.69) is 71.8 Å². The Hall–Kier alpha value is -4.63. The summed E-state index contributed by atoms with van der Waals surface area (Å²) in [5.41, 5.74) is 6.63. The molecule has 2 aromatic heterocycles. The van der Waals surface area contributed by atoms with Crippen molar-refractivity contribution >= 4 is 66.7 Å². The van der Waals surface area contributed by atoms with Crippen molar-refractivity contribution in [1.29, 1.82) is 0 Å². The maximum absolute atomic E-state index is 13.2. The summed E-state index contributed by atoms with van der Waals surface area (Å²) < 4.78 is 0. The number of carbonyl (C=O) groups excluding carboxylic acids is 5. The number of nitrogens with one attached hydrogen (secondary N) is 7. The molecule has 0 unspecified atom stereocenters. The zero-order valence-corrected chi connectivity index (χ0v) is 26.9. The predicted octanol–water partition coefficient (Wildman–Crippen LogP) is -3.50. The second-order valence-corrected chi connectivity index (χ2v) is 11.0. The van der Waals surface area contributed by atoms with Crippen molar-refractivity contribution in [2.75, 3.05) is 11.5 Å². The summed E-state index contributed by atoms with van der Waals surface area (Å²) >= 11 is 8.09. The van der Waals surface area contributed by atoms with Gasteiger partial charge in [0.05, 0.1) is 18.7 Å². The molecule has 11 N–H and O–H groups in total. The lowest BCUT2D eigenvalue weighted by Gasteiger charge is -2.25. The van der Waals surface area contributed by atoms with Crippen LogP contribution in [0.3, 0.4) is 0 Å². The van der Waals surface area contributed by atoms with Crippen molar-refractivity contribution < 1.29 is 43.8 Å². The highest BCUT2D eigenvalue weighted by Crippen LogP contribution is 2.05. The number of nitrogens with two attached hydrogens (primary N) is 1. The summed E-state index contributed by atoms with van der Waals surface area (Å²) in [5.74, 6) is -7.08. The van der Waals surface area contributed by atoms with Crippen molar-refractivity contribution in [3.05, 3.63) is 36.4 Å². The van der Waals surface area contributed by atoms with Gasteiger partial charge in [-0.1, -0.05) is 0 Å². The molecule has 0 radical (unpaired) electrons. The molecular weight excluding hydrogens is 660 g/mol. The Labute approximate surface area is 279 Å². The standard InChI is InChI=1S/C26H38N10O9S2/c1-12(21(39)35-18(26(44)45)5-14-7-29-11-31-14)32-23(41)16(2-3-20(37)38)33-25(43)19(9-47)36-24(42)17(4-13-6-28-10-30-13)34-22(40)15(27)8-46/h6-7,10-12,15-19,46-47H,2-5,8-9,27H2,1H3,(H,28,30)(H,29,31)(H,32,41)(H,33,43)(H,34,40)(H,35,39)(H,36,42)(H,37,38)(H,44,45)/t12-,15-,16-,17-,18-,19-/m0/s1. The third-order valence-electron chi connectivity index (χ3n) is 6.59. The van der Waals surface area contributed by atoms with Crippen molar-refractivity contribution in [1.82, 2.24) is 46.5 Å². The number of thiol groups is 2. The van der Waals surface area contributed by atoms with Crippen LogP contribution in [0.25, 0.3) is 0 Å². The van der Waals surface area contributed by atoms with E-state index in [1.165, 1.54) is 32.0 Å². The summed E-state index contributed by atoms with van der Waals surface area (Å²) in [4.78, 5) is 101. The molecule has 21 heteroatoms. The van der Waals surface area contributed by atoms with E-state index in [1.54, 1.807) is 0 Å². The molecule has 0 aromatic carbocycles. The normalized spacial score (nSPS) is 14.7. The van der Waals surface area contributed by atoms with Gasteiger partial charge in [0, 0.05) is 54.5 Å². The van der Waals surface area contributed by atoms with Crippen molar-refractivity contribution in [2.45, 2.75) is 68.9 Å². The average molecular weight is 699 g/mol. The Balaban J connectivity index is 2.11. The molecule has 47 heavy (non-hydrogen) atoms. The zero-order valence-electron chi connectivity index (χ0n) is 25.1. The molecule has 2 aromatic rings. The number of amides is 5. The molecule has 2 rings (SSSR count). The Morgan fingerprint density at radius 3 is 1.70 bits per heavy atom. The van der Waals surface area contributed by atoms with Gasteiger partial charge in [0.25, 0.3) is 0 Å². The molecular formula is C26H38N10O9S2. The van der Waals surface area contributed by atoms with Crippen molar-refractivity contribution in [2.24, 2.45) is 5.73 Å². The van der Waals surface area contributed by atoms with Crippen LogP contribution in [0.5, 0.6) is 0 Å². The number of imidazole rings is 2. The average Bonchev–Trinajstić information content (AvgIpc) is 3.74. The maximum Gasteiger partial charge on any atom is 0.326 e. The molecule has 0 fully saturated rings. The minimum atomic E-state index is -1.48. The van der Waals surface area contributed by atoms with E-state index in [4.69, 9.17) is 5.73 Å². The Kier molecular flexibility index (Phi) is 15.7. The fourth-order valence-electron chi connectivity index (χ4n) is 3.96. The van der Waals surface area contributed by atoms with E-state index in [0.29, 0.717) is 11.4 Å². The number of aromatic nitrogens is 4. The largest absolute Gasteiger partial charge is 0.481 e. The molecule has 0 bridgehead atoms. The quantitative estimate of drug-likeness (QED) is 0.0600. The number of carboxylic acid groups (broad SMARTS) is 2. The summed E-state index contributed by atoms with van der Waals surface area (Å²) in [5, 5.41) is 30.6. The molecule has 5 amide bonds. The third kappa shape index (κ3) is 12.9. The van der Waals surface area contributed by atoms with E-state index < -0.39 is 90.6 Å². The van der Waals surface area contributed by atoms with Gasteiger partial charge in [-0.2, -0.15) is 25.3 Å². The predicted molar refractivity (Wildman–Crippen MR) is 170 cm³/mol. The minimum absolute atomic E-state index is 0.00268. The molecule has 0 spiro atoms. The van der Waals surface area contributed by atoms with Gasteiger partial charge < -0.3 is 52.5 Å². The first-order valence-corrected chi connectivity index (χ1v) is 15.4. The topological polar surface area (TPSA) is 303 Å². The van der Waals surface area contributed by atoms with Crippen LogP contribution >= 0.6 is 25.3 Å². The fourth-order valence-corrected chi connectivity index (χ4v) is 4.38. The van der Waals surface area contributed by atoms with Gasteiger partial charge in [0.1, 0.15) is 30.2 Å². The molecule has 0 aliphatic rings. The molecule has 0 saturated heterocycles. The molecule has 0 saturated carbocycles. The van der Waals surface area contributed by atoms with Crippen LogP contribution < -0.4 is 32.3 Å². The first-order valence-electron chi connectivity index (χ1n) is 14.1. The van der Waals surface area contributed by atoms with Gasteiger partial charge in [-0.3, -0.25) is 28.8 Å². The lowest BCUT2D eigenvalue weighted by Crippen LogP contribution is -2.59. The molecule has 2 heterocycles. The van der Waals surface area contributed by atoms with Crippen LogP contribution in [0.2, 0.25) is 0 Å². The summed E-state index contributed by atoms with van der Waals surface area (Å²) in [7, 11) is 0. The molecule has 0 aliphatic heterocycles. The first-order chi connectivity index (χ1) is 22.2. The highest BCUT2D eigenvalue weighted by atomic mass is 32.1. The van der Waals surface area contributed by atoms with Gasteiger partial charge >= 0.3 is 11.9 Å². The highest BCUT2D eigenvalue weighted by Gasteiger charge is 2.32. The lowest BCUT2D eigenvalue weighted by molar-refractivity contribution is -0.142. The number of rotatable bonds is 20. The van der Waals surface area contributed by atoms with Gasteiger partial charge in [0.15, 0.2) is 0 Å². The zero-order chi connectivity index (χ0) is 35.1. The summed E-state index contributed by atoms with van der Waals surface area (Å²) in [6.45, 7) is 1.27. The number of aromatic amines is 2. The van der Waals surface area contributed by atoms with Crippen LogP contribution in [0, 0.1) is 0 Å². The number of aliphatic carboxylic acids is 2. The summed E-state index contributed by atoms with van der Waals surface area (Å²) in [6, 6.07) is -7.74. The third-order valence-corrected chi connectivity index (χ3v) is 7.34. The van der Waals surface area contributed by atoms with Crippen LogP contribution in [0.4, 0.5) is 0 Å². The lowest BCUT2D eigenvalue weighted by atomic mass is 10.1. The SMILES string of the molecule is C[C@H](NC(=O)[C@H](CCC(=O)O)NC(=O)[C@H](CS)NC(=O)[C@H](Cc1cnc[nH]1)NC(=O)[C@@H](N)CS)C(=O)N[C@@H](Cc1cnc[nH]1)C(=O)O. The smallest absolute Gasteiger partial charge is 0.326 e. The second kappa shape index (κ2) is 19.1. The van der Waals surface area contributed by atoms with Gasteiger partial charge in [0.2, 0.25) is 29.5 Å². The maximum atomic E-state index is 13.2. The van der Waals surface area contributed by atoms with E-state index in [9.17, 15) is 43.8 Å². The number of carbonyl (C=O) groups is 7. The number of hydrogen-bond donors (Lipinski definition) is 12. The monoisotopic (exact) mass is 698 g/mol. The second-order valence-electron chi connectivity index (χ2n) is 10.3. The van der Waals surface area contributed by atoms with E-state index in [1.807, 2.05) is 0 Å². The van der Waals surface area contributed by atoms with Gasteiger partial charge in [-0.15, -0.1) is 0 Å². The Morgan fingerprint density at radius 2 is 1.21 bits per heavy atom. The van der Waals surface area contributed by atoms with E-state index in [-0.39, 0.29) is 24.3 Å². The first kappa shape index (κ1) is 38.6. The minimum Gasteiger partial charge on any atom is -0.481 e. The van der Waals surface area contributed by atoms with Crippen LogP contribution in [0.15, 0.2) is 25.0 Å².